The first-order valence-corrected chi connectivity index (χ1v) is 7.89. The Labute approximate surface area is 138 Å². The summed E-state index contributed by atoms with van der Waals surface area (Å²) in [6.45, 7) is 5.16. The molecule has 0 aliphatic heterocycles. The predicted octanol–water partition coefficient (Wildman–Crippen LogP) is 3.04. The quantitative estimate of drug-likeness (QED) is 0.531. The van der Waals surface area contributed by atoms with Crippen LogP contribution in [0, 0.1) is 0 Å². The summed E-state index contributed by atoms with van der Waals surface area (Å²) in [5.74, 6) is 1.23. The summed E-state index contributed by atoms with van der Waals surface area (Å²) in [7, 11) is 3.21. The topological polar surface area (TPSA) is 56.8 Å². The molecule has 0 fully saturated rings. The standard InChI is InChI=1S/C18H27NO4/c1-5-6-11-23-16-9-7-15(12-17(16)22-4)8-10-18(20)19-14(2)13-21-3/h7-10,12,14H,5-6,11,13H2,1-4H3,(H,19,20). The second-order valence-electron chi connectivity index (χ2n) is 5.31. The minimum absolute atomic E-state index is 0.0268. The lowest BCUT2D eigenvalue weighted by Gasteiger charge is -2.11. The maximum atomic E-state index is 11.8. The molecule has 1 aromatic rings. The number of rotatable bonds is 10. The van der Waals surface area contributed by atoms with Gasteiger partial charge in [0.05, 0.1) is 20.3 Å². The largest absolute Gasteiger partial charge is 0.493 e. The zero-order valence-electron chi connectivity index (χ0n) is 14.4. The van der Waals surface area contributed by atoms with Gasteiger partial charge in [0.2, 0.25) is 5.91 Å². The number of benzene rings is 1. The monoisotopic (exact) mass is 321 g/mol. The molecule has 0 spiro atoms. The summed E-state index contributed by atoms with van der Waals surface area (Å²) in [4.78, 5) is 11.8. The fourth-order valence-corrected chi connectivity index (χ4v) is 1.99. The second-order valence-corrected chi connectivity index (χ2v) is 5.31. The van der Waals surface area contributed by atoms with E-state index in [2.05, 4.69) is 12.2 Å². The van der Waals surface area contributed by atoms with Crippen molar-refractivity contribution in [2.75, 3.05) is 27.4 Å². The number of amides is 1. The minimum atomic E-state index is -0.156. The van der Waals surface area contributed by atoms with Crippen molar-refractivity contribution in [1.29, 1.82) is 0 Å². The summed E-state index contributed by atoms with van der Waals surface area (Å²) in [5, 5.41) is 2.82. The van der Waals surface area contributed by atoms with Gasteiger partial charge in [0.15, 0.2) is 11.5 Å². The number of hydrogen-bond donors (Lipinski definition) is 1. The number of nitrogens with one attached hydrogen (secondary N) is 1. The number of unbranched alkanes of at least 4 members (excludes halogenated alkanes) is 1. The number of methoxy groups -OCH3 is 2. The van der Waals surface area contributed by atoms with Crippen LogP contribution in [0.4, 0.5) is 0 Å². The van der Waals surface area contributed by atoms with E-state index in [9.17, 15) is 4.79 Å². The molecule has 1 atom stereocenters. The molecule has 1 N–H and O–H groups in total. The van der Waals surface area contributed by atoms with Gasteiger partial charge >= 0.3 is 0 Å². The highest BCUT2D eigenvalue weighted by Crippen LogP contribution is 2.28. The molecule has 128 valence electrons. The van der Waals surface area contributed by atoms with Gasteiger partial charge in [0.1, 0.15) is 0 Å². The van der Waals surface area contributed by atoms with Crippen LogP contribution in [-0.2, 0) is 9.53 Å². The summed E-state index contributed by atoms with van der Waals surface area (Å²) in [5.41, 5.74) is 0.874. The Morgan fingerprint density at radius 3 is 2.74 bits per heavy atom. The van der Waals surface area contributed by atoms with E-state index in [1.807, 2.05) is 25.1 Å². The van der Waals surface area contributed by atoms with Crippen LogP contribution in [0.15, 0.2) is 24.3 Å². The fraction of sp³-hybridized carbons (Fsp3) is 0.500. The molecule has 0 aliphatic rings. The SMILES string of the molecule is CCCCOc1ccc(C=CC(=O)NC(C)COC)cc1OC. The van der Waals surface area contributed by atoms with Gasteiger partial charge in [-0.25, -0.2) is 0 Å². The number of hydrogen-bond acceptors (Lipinski definition) is 4. The lowest BCUT2D eigenvalue weighted by molar-refractivity contribution is -0.117. The molecule has 5 heteroatoms. The average molecular weight is 321 g/mol. The second kappa shape index (κ2) is 10.7. The zero-order chi connectivity index (χ0) is 17.1. The lowest BCUT2D eigenvalue weighted by atomic mass is 10.2. The highest BCUT2D eigenvalue weighted by Gasteiger charge is 2.06. The number of carbonyl (C=O) groups is 1. The third-order valence-electron chi connectivity index (χ3n) is 3.18. The molecule has 23 heavy (non-hydrogen) atoms. The van der Waals surface area contributed by atoms with Crippen LogP contribution in [0.5, 0.6) is 11.5 Å². The van der Waals surface area contributed by atoms with E-state index in [4.69, 9.17) is 14.2 Å². The summed E-state index contributed by atoms with van der Waals surface area (Å²) >= 11 is 0. The van der Waals surface area contributed by atoms with E-state index in [1.165, 1.54) is 6.08 Å². The Bertz CT molecular complexity index is 514. The molecule has 0 aliphatic carbocycles. The van der Waals surface area contributed by atoms with E-state index >= 15 is 0 Å². The van der Waals surface area contributed by atoms with Crippen LogP contribution >= 0.6 is 0 Å². The van der Waals surface area contributed by atoms with Gasteiger partial charge in [-0.05, 0) is 37.1 Å². The molecule has 0 saturated heterocycles. The first-order valence-electron chi connectivity index (χ1n) is 7.89. The van der Waals surface area contributed by atoms with Crippen LogP contribution < -0.4 is 14.8 Å². The van der Waals surface area contributed by atoms with Crippen molar-refractivity contribution in [3.05, 3.63) is 29.8 Å². The van der Waals surface area contributed by atoms with Crippen LogP contribution in [0.2, 0.25) is 0 Å². The van der Waals surface area contributed by atoms with E-state index in [1.54, 1.807) is 20.3 Å². The Balaban J connectivity index is 2.66. The van der Waals surface area contributed by atoms with Gasteiger partial charge in [-0.15, -0.1) is 0 Å². The maximum absolute atomic E-state index is 11.8. The van der Waals surface area contributed by atoms with Gasteiger partial charge in [0.25, 0.3) is 0 Å². The Hall–Kier alpha value is -2.01. The predicted molar refractivity (Wildman–Crippen MR) is 91.9 cm³/mol. The van der Waals surface area contributed by atoms with Crippen molar-refractivity contribution in [3.63, 3.8) is 0 Å². The highest BCUT2D eigenvalue weighted by molar-refractivity contribution is 5.92. The third kappa shape index (κ3) is 7.19. The van der Waals surface area contributed by atoms with Gasteiger partial charge in [-0.2, -0.15) is 0 Å². The molecule has 0 radical (unpaired) electrons. The van der Waals surface area contributed by atoms with Crippen molar-refractivity contribution in [2.24, 2.45) is 0 Å². The van der Waals surface area contributed by atoms with Crippen molar-refractivity contribution in [2.45, 2.75) is 32.7 Å². The summed E-state index contributed by atoms with van der Waals surface area (Å²) < 4.78 is 16.0. The average Bonchev–Trinajstić information content (AvgIpc) is 2.54. The third-order valence-corrected chi connectivity index (χ3v) is 3.18. The highest BCUT2D eigenvalue weighted by atomic mass is 16.5. The zero-order valence-corrected chi connectivity index (χ0v) is 14.4. The number of ether oxygens (including phenoxy) is 3. The number of carbonyl (C=O) groups excluding carboxylic acids is 1. The molecule has 0 bridgehead atoms. The molecule has 1 rings (SSSR count). The maximum Gasteiger partial charge on any atom is 0.244 e. The van der Waals surface area contributed by atoms with E-state index < -0.39 is 0 Å². The summed E-state index contributed by atoms with van der Waals surface area (Å²) in [6, 6.07) is 5.58. The smallest absolute Gasteiger partial charge is 0.244 e. The molecule has 0 aromatic heterocycles. The molecule has 0 heterocycles. The van der Waals surface area contributed by atoms with Gasteiger partial charge < -0.3 is 19.5 Å². The van der Waals surface area contributed by atoms with Crippen molar-refractivity contribution < 1.29 is 19.0 Å². The lowest BCUT2D eigenvalue weighted by Crippen LogP contribution is -2.34. The van der Waals surface area contributed by atoms with Gasteiger partial charge in [-0.1, -0.05) is 19.4 Å². The molecule has 1 amide bonds. The minimum Gasteiger partial charge on any atom is -0.493 e. The van der Waals surface area contributed by atoms with E-state index in [0.29, 0.717) is 19.0 Å². The fourth-order valence-electron chi connectivity index (χ4n) is 1.99. The van der Waals surface area contributed by atoms with E-state index in [-0.39, 0.29) is 11.9 Å². The molecule has 0 saturated carbocycles. The van der Waals surface area contributed by atoms with Crippen LogP contribution in [0.1, 0.15) is 32.3 Å². The molecule has 5 nitrogen and oxygen atoms in total. The molecular formula is C18H27NO4. The molecule has 1 aromatic carbocycles. The Morgan fingerprint density at radius 2 is 2.09 bits per heavy atom. The van der Waals surface area contributed by atoms with Crippen LogP contribution in [-0.4, -0.2) is 39.4 Å². The van der Waals surface area contributed by atoms with Crippen LogP contribution in [0.25, 0.3) is 6.08 Å². The Kier molecular flexibility index (Phi) is 8.83. The van der Waals surface area contributed by atoms with Gasteiger partial charge in [0, 0.05) is 19.2 Å². The van der Waals surface area contributed by atoms with Crippen molar-refractivity contribution >= 4 is 12.0 Å². The normalized spacial score (nSPS) is 12.2. The van der Waals surface area contributed by atoms with Crippen molar-refractivity contribution in [1.82, 2.24) is 5.32 Å². The first kappa shape index (κ1) is 19.0. The molecule has 1 unspecified atom stereocenters. The van der Waals surface area contributed by atoms with E-state index in [0.717, 1.165) is 24.2 Å². The van der Waals surface area contributed by atoms with Gasteiger partial charge in [-0.3, -0.25) is 4.79 Å². The first-order chi connectivity index (χ1) is 11.1. The Morgan fingerprint density at radius 1 is 1.30 bits per heavy atom. The van der Waals surface area contributed by atoms with Crippen LogP contribution in [0.3, 0.4) is 0 Å². The summed E-state index contributed by atoms with van der Waals surface area (Å²) in [6.07, 6.45) is 5.33. The van der Waals surface area contributed by atoms with Crippen molar-refractivity contribution in [3.8, 4) is 11.5 Å². The molecular weight excluding hydrogens is 294 g/mol.